The van der Waals surface area contributed by atoms with Crippen molar-refractivity contribution < 1.29 is 22.7 Å². The van der Waals surface area contributed by atoms with Crippen LogP contribution in [-0.2, 0) is 25.9 Å². The van der Waals surface area contributed by atoms with E-state index in [1.807, 2.05) is 25.1 Å². The second kappa shape index (κ2) is 10.6. The first-order valence-electron chi connectivity index (χ1n) is 11.9. The number of fused-ring (bicyclic) bond motifs is 1. The van der Waals surface area contributed by atoms with Gasteiger partial charge in [-0.3, -0.25) is 14.6 Å². The molecule has 3 heterocycles. The van der Waals surface area contributed by atoms with Gasteiger partial charge >= 0.3 is 5.97 Å². The van der Waals surface area contributed by atoms with Crippen LogP contribution in [0, 0.1) is 12.8 Å². The number of nitrogens with one attached hydrogen (secondary N) is 1. The molecule has 36 heavy (non-hydrogen) atoms. The first kappa shape index (κ1) is 25.6. The summed E-state index contributed by atoms with van der Waals surface area (Å²) in [5, 5.41) is 3.67. The first-order valence-corrected chi connectivity index (χ1v) is 13.8. The summed E-state index contributed by atoms with van der Waals surface area (Å²) in [6.07, 6.45) is 4.53. The molecule has 0 bridgehead atoms. The van der Waals surface area contributed by atoms with Crippen molar-refractivity contribution in [3.05, 3.63) is 59.4 Å². The van der Waals surface area contributed by atoms with Gasteiger partial charge in [0.05, 0.1) is 35.2 Å². The number of anilines is 1. The van der Waals surface area contributed by atoms with Gasteiger partial charge in [-0.05, 0) is 62.6 Å². The van der Waals surface area contributed by atoms with Gasteiger partial charge in [-0.2, -0.15) is 0 Å². The number of ether oxygens (including phenoxy) is 1. The zero-order valence-electron chi connectivity index (χ0n) is 20.7. The second-order valence-electron chi connectivity index (χ2n) is 9.01. The van der Waals surface area contributed by atoms with Crippen molar-refractivity contribution in [1.82, 2.24) is 15.3 Å². The molecule has 0 aliphatic carbocycles. The van der Waals surface area contributed by atoms with E-state index in [0.29, 0.717) is 24.4 Å². The third-order valence-corrected chi connectivity index (χ3v) is 7.50. The van der Waals surface area contributed by atoms with Gasteiger partial charge in [-0.15, -0.1) is 0 Å². The van der Waals surface area contributed by atoms with Gasteiger partial charge < -0.3 is 15.0 Å². The van der Waals surface area contributed by atoms with Crippen LogP contribution in [0.4, 0.5) is 5.82 Å². The molecule has 1 aliphatic heterocycles. The monoisotopic (exact) mass is 510 g/mol. The van der Waals surface area contributed by atoms with E-state index in [1.165, 1.54) is 6.07 Å². The van der Waals surface area contributed by atoms with E-state index >= 15 is 0 Å². The third-order valence-electron chi connectivity index (χ3n) is 6.26. The summed E-state index contributed by atoms with van der Waals surface area (Å²) < 4.78 is 29.2. The molecule has 1 atom stereocenters. The van der Waals surface area contributed by atoms with E-state index in [0.717, 1.165) is 42.4 Å². The molecule has 2 aromatic heterocycles. The molecule has 0 spiro atoms. The van der Waals surface area contributed by atoms with Gasteiger partial charge in [-0.25, -0.2) is 13.4 Å². The Balaban J connectivity index is 1.48. The van der Waals surface area contributed by atoms with E-state index in [4.69, 9.17) is 9.72 Å². The summed E-state index contributed by atoms with van der Waals surface area (Å²) in [6, 6.07) is 10.3. The third kappa shape index (κ3) is 5.81. The molecule has 190 valence electrons. The number of hydrogen-bond donors (Lipinski definition) is 1. The molecule has 1 unspecified atom stereocenters. The fourth-order valence-electron chi connectivity index (χ4n) is 4.37. The Morgan fingerprint density at radius 3 is 2.75 bits per heavy atom. The SMILES string of the molecule is CCOC(=O)C1CCCN(c2ccc3cnc(CNC(=O)c4ccc(C)c(S(C)(=O)=O)c4)cc3n2)C1. The van der Waals surface area contributed by atoms with Gasteiger partial charge in [0.2, 0.25) is 0 Å². The first-order chi connectivity index (χ1) is 17.2. The molecule has 0 radical (unpaired) electrons. The molecule has 10 heteroatoms. The number of benzene rings is 1. The lowest BCUT2D eigenvalue weighted by Gasteiger charge is -2.32. The van der Waals surface area contributed by atoms with Crippen LogP contribution in [0.25, 0.3) is 10.9 Å². The lowest BCUT2D eigenvalue weighted by Crippen LogP contribution is -2.39. The van der Waals surface area contributed by atoms with Crippen LogP contribution in [0.2, 0.25) is 0 Å². The molecule has 1 N–H and O–H groups in total. The minimum Gasteiger partial charge on any atom is -0.466 e. The molecule has 4 rings (SSSR count). The minimum absolute atomic E-state index is 0.138. The van der Waals surface area contributed by atoms with Crippen molar-refractivity contribution in [3.63, 3.8) is 0 Å². The minimum atomic E-state index is -3.44. The van der Waals surface area contributed by atoms with E-state index in [-0.39, 0.29) is 34.8 Å². The van der Waals surface area contributed by atoms with Crippen molar-refractivity contribution in [3.8, 4) is 0 Å². The fraction of sp³-hybridized carbons (Fsp3) is 0.385. The summed E-state index contributed by atoms with van der Waals surface area (Å²) in [7, 11) is -3.44. The standard InChI is InChI=1S/C26H30N4O5S/c1-4-35-26(32)20-6-5-11-30(16-20)24-10-9-19-14-27-21(13-22(19)29-24)15-28-25(31)18-8-7-17(2)23(12-18)36(3,33)34/h7-10,12-14,20H,4-6,11,15-16H2,1-3H3,(H,28,31). The molecular formula is C26H30N4O5S. The maximum Gasteiger partial charge on any atom is 0.310 e. The van der Waals surface area contributed by atoms with Crippen molar-refractivity contribution >= 4 is 38.4 Å². The number of aromatic nitrogens is 2. The largest absolute Gasteiger partial charge is 0.466 e. The predicted octanol–water partition coefficient (Wildman–Crippen LogP) is 3.05. The summed E-state index contributed by atoms with van der Waals surface area (Å²) in [5.41, 5.74) is 2.22. The molecule has 1 aliphatic rings. The van der Waals surface area contributed by atoms with E-state index in [9.17, 15) is 18.0 Å². The van der Waals surface area contributed by atoms with Crippen LogP contribution in [0.5, 0.6) is 0 Å². The number of rotatable bonds is 7. The Bertz CT molecular complexity index is 1410. The zero-order valence-corrected chi connectivity index (χ0v) is 21.5. The second-order valence-corrected chi connectivity index (χ2v) is 11.0. The van der Waals surface area contributed by atoms with E-state index < -0.39 is 9.84 Å². The maximum absolute atomic E-state index is 12.7. The van der Waals surface area contributed by atoms with Gasteiger partial charge in [0.1, 0.15) is 5.82 Å². The highest BCUT2D eigenvalue weighted by Crippen LogP contribution is 2.25. The van der Waals surface area contributed by atoms with Crippen LogP contribution in [0.1, 0.15) is 41.4 Å². The van der Waals surface area contributed by atoms with Gasteiger partial charge in [-0.1, -0.05) is 6.07 Å². The summed E-state index contributed by atoms with van der Waals surface area (Å²) in [4.78, 5) is 36.3. The Morgan fingerprint density at radius 1 is 1.19 bits per heavy atom. The average Bonchev–Trinajstić information content (AvgIpc) is 2.86. The normalized spacial score (nSPS) is 16.1. The number of nitrogens with zero attached hydrogens (tertiary/aromatic N) is 3. The number of amides is 1. The van der Waals surface area contributed by atoms with Crippen LogP contribution < -0.4 is 10.2 Å². The van der Waals surface area contributed by atoms with Crippen LogP contribution in [0.15, 0.2) is 47.5 Å². The van der Waals surface area contributed by atoms with Crippen molar-refractivity contribution in [2.45, 2.75) is 38.1 Å². The number of aryl methyl sites for hydroxylation is 1. The quantitative estimate of drug-likeness (QED) is 0.482. The Morgan fingerprint density at radius 2 is 2.00 bits per heavy atom. The predicted molar refractivity (Wildman–Crippen MR) is 137 cm³/mol. The number of carbonyl (C=O) groups is 2. The number of esters is 1. The molecule has 1 fully saturated rings. The van der Waals surface area contributed by atoms with E-state index in [2.05, 4.69) is 15.2 Å². The Labute approximate surface area is 210 Å². The molecule has 0 saturated carbocycles. The molecule has 1 saturated heterocycles. The van der Waals surface area contributed by atoms with Gasteiger partial charge in [0.15, 0.2) is 9.84 Å². The Hall–Kier alpha value is -3.53. The van der Waals surface area contributed by atoms with Crippen molar-refractivity contribution in [2.75, 3.05) is 30.9 Å². The maximum atomic E-state index is 12.7. The summed E-state index contributed by atoms with van der Waals surface area (Å²) in [5.74, 6) is 0.0688. The highest BCUT2D eigenvalue weighted by Gasteiger charge is 2.27. The smallest absolute Gasteiger partial charge is 0.310 e. The number of pyridine rings is 2. The molecular weight excluding hydrogens is 480 g/mol. The number of piperidine rings is 1. The molecule has 1 amide bonds. The van der Waals surface area contributed by atoms with Gasteiger partial charge in [0.25, 0.3) is 5.91 Å². The van der Waals surface area contributed by atoms with Gasteiger partial charge in [0, 0.05) is 36.5 Å². The van der Waals surface area contributed by atoms with Crippen LogP contribution in [-0.4, -0.2) is 56.2 Å². The zero-order chi connectivity index (χ0) is 25.9. The fourth-order valence-corrected chi connectivity index (χ4v) is 5.37. The van der Waals surface area contributed by atoms with Crippen LogP contribution in [0.3, 0.4) is 0 Å². The summed E-state index contributed by atoms with van der Waals surface area (Å²) in [6.45, 7) is 5.42. The molecule has 1 aromatic carbocycles. The lowest BCUT2D eigenvalue weighted by atomic mass is 9.98. The molecule has 3 aromatic rings. The highest BCUT2D eigenvalue weighted by atomic mass is 32.2. The number of carbonyl (C=O) groups excluding carboxylic acids is 2. The van der Waals surface area contributed by atoms with Crippen LogP contribution >= 0.6 is 0 Å². The topological polar surface area (TPSA) is 119 Å². The van der Waals surface area contributed by atoms with Crippen molar-refractivity contribution in [1.29, 1.82) is 0 Å². The summed E-state index contributed by atoms with van der Waals surface area (Å²) >= 11 is 0. The highest BCUT2D eigenvalue weighted by molar-refractivity contribution is 7.90. The lowest BCUT2D eigenvalue weighted by molar-refractivity contribution is -0.148. The molecule has 9 nitrogen and oxygen atoms in total. The van der Waals surface area contributed by atoms with Crippen molar-refractivity contribution in [2.24, 2.45) is 5.92 Å². The number of hydrogen-bond acceptors (Lipinski definition) is 8. The Kier molecular flexibility index (Phi) is 7.53. The van der Waals surface area contributed by atoms with E-state index in [1.54, 1.807) is 25.3 Å². The average molecular weight is 511 g/mol. The number of sulfone groups is 1.